The fourth-order valence-electron chi connectivity index (χ4n) is 10.6. The molecule has 0 bridgehead atoms. The van der Waals surface area contributed by atoms with Gasteiger partial charge in [-0.15, -0.1) is 0 Å². The van der Waals surface area contributed by atoms with E-state index in [1.807, 2.05) is 0 Å². The van der Waals surface area contributed by atoms with Crippen molar-refractivity contribution in [3.05, 3.63) is 60.8 Å². The van der Waals surface area contributed by atoms with E-state index in [0.29, 0.717) is 19.3 Å². The van der Waals surface area contributed by atoms with Gasteiger partial charge >= 0.3 is 17.9 Å². The van der Waals surface area contributed by atoms with E-state index in [2.05, 4.69) is 81.5 Å². The molecular formula is C75H136O6. The molecule has 0 aromatic heterocycles. The molecule has 0 fully saturated rings. The summed E-state index contributed by atoms with van der Waals surface area (Å²) in [5.74, 6) is -0.862. The smallest absolute Gasteiger partial charge is 0.306 e. The Hall–Kier alpha value is -2.89. The van der Waals surface area contributed by atoms with Gasteiger partial charge in [0, 0.05) is 19.3 Å². The second-order valence-electron chi connectivity index (χ2n) is 24.1. The number of hydrogen-bond acceptors (Lipinski definition) is 6. The molecule has 0 aromatic carbocycles. The van der Waals surface area contributed by atoms with E-state index >= 15 is 0 Å². The topological polar surface area (TPSA) is 78.9 Å². The summed E-state index contributed by atoms with van der Waals surface area (Å²) in [4.78, 5) is 38.5. The Balaban J connectivity index is 4.32. The Kier molecular flexibility index (Phi) is 67.1. The highest BCUT2D eigenvalue weighted by Crippen LogP contribution is 2.18. The van der Waals surface area contributed by atoms with E-state index in [4.69, 9.17) is 14.2 Å². The minimum atomic E-state index is -0.780. The van der Waals surface area contributed by atoms with Gasteiger partial charge in [-0.05, 0) is 109 Å². The van der Waals surface area contributed by atoms with Gasteiger partial charge < -0.3 is 14.2 Å². The summed E-state index contributed by atoms with van der Waals surface area (Å²) in [5, 5.41) is 0. The van der Waals surface area contributed by atoms with Gasteiger partial charge in [0.1, 0.15) is 13.2 Å². The lowest BCUT2D eigenvalue weighted by molar-refractivity contribution is -0.167. The van der Waals surface area contributed by atoms with Gasteiger partial charge in [0.2, 0.25) is 0 Å². The SMILES string of the molecule is CCCCC/C=C\C/C=C\CCCCCCCCCC(=O)OCC(COC(=O)CCCCCCCCCCCCCCC/C=C\C/C=C\CCCCCCC)OC(=O)CCCCCCCCCCC/C=C\CCCCCCCCCC. The molecule has 81 heavy (non-hydrogen) atoms. The van der Waals surface area contributed by atoms with E-state index in [0.717, 1.165) is 77.0 Å². The molecule has 6 nitrogen and oxygen atoms in total. The molecule has 1 unspecified atom stereocenters. The lowest BCUT2D eigenvalue weighted by Crippen LogP contribution is -2.30. The molecular weight excluding hydrogens is 997 g/mol. The molecule has 0 saturated carbocycles. The van der Waals surface area contributed by atoms with Gasteiger partial charge in [-0.3, -0.25) is 14.4 Å². The maximum atomic E-state index is 13.0. The fourth-order valence-corrected chi connectivity index (χ4v) is 10.6. The van der Waals surface area contributed by atoms with E-state index in [9.17, 15) is 14.4 Å². The first-order valence-corrected chi connectivity index (χ1v) is 35.8. The van der Waals surface area contributed by atoms with Gasteiger partial charge in [-0.1, -0.05) is 313 Å². The van der Waals surface area contributed by atoms with E-state index in [1.54, 1.807) is 0 Å². The molecule has 0 heterocycles. The van der Waals surface area contributed by atoms with Gasteiger partial charge in [0.05, 0.1) is 0 Å². The molecule has 0 aliphatic heterocycles. The maximum absolute atomic E-state index is 13.0. The molecule has 0 N–H and O–H groups in total. The average Bonchev–Trinajstić information content (AvgIpc) is 3.47. The summed E-state index contributed by atoms with van der Waals surface area (Å²) < 4.78 is 17.0. The minimum absolute atomic E-state index is 0.0752. The highest BCUT2D eigenvalue weighted by Gasteiger charge is 2.19. The number of unbranched alkanes of at least 4 members (excludes halogenated alkanes) is 45. The number of hydrogen-bond donors (Lipinski definition) is 0. The van der Waals surface area contributed by atoms with Crippen LogP contribution in [0.1, 0.15) is 380 Å². The zero-order valence-corrected chi connectivity index (χ0v) is 54.3. The van der Waals surface area contributed by atoms with Crippen molar-refractivity contribution in [1.82, 2.24) is 0 Å². The van der Waals surface area contributed by atoms with Crippen molar-refractivity contribution in [2.24, 2.45) is 0 Å². The van der Waals surface area contributed by atoms with Gasteiger partial charge in [0.25, 0.3) is 0 Å². The van der Waals surface area contributed by atoms with Crippen molar-refractivity contribution >= 4 is 17.9 Å². The minimum Gasteiger partial charge on any atom is -0.462 e. The summed E-state index contributed by atoms with van der Waals surface area (Å²) in [5.41, 5.74) is 0. The lowest BCUT2D eigenvalue weighted by atomic mass is 10.0. The zero-order chi connectivity index (χ0) is 58.5. The second-order valence-corrected chi connectivity index (χ2v) is 24.1. The molecule has 0 aromatic rings. The largest absolute Gasteiger partial charge is 0.462 e. The van der Waals surface area contributed by atoms with Crippen molar-refractivity contribution in [2.45, 2.75) is 386 Å². The molecule has 0 amide bonds. The highest BCUT2D eigenvalue weighted by atomic mass is 16.6. The van der Waals surface area contributed by atoms with Gasteiger partial charge in [0.15, 0.2) is 6.10 Å². The second kappa shape index (κ2) is 69.6. The quantitative estimate of drug-likeness (QED) is 0.0261. The van der Waals surface area contributed by atoms with Crippen LogP contribution >= 0.6 is 0 Å². The molecule has 472 valence electrons. The highest BCUT2D eigenvalue weighted by molar-refractivity contribution is 5.71. The van der Waals surface area contributed by atoms with Crippen LogP contribution in [0.15, 0.2) is 60.8 Å². The Labute approximate surface area is 504 Å². The number of allylic oxidation sites excluding steroid dienone is 10. The van der Waals surface area contributed by atoms with Crippen LogP contribution in [-0.2, 0) is 28.6 Å². The van der Waals surface area contributed by atoms with Crippen LogP contribution in [0.3, 0.4) is 0 Å². The van der Waals surface area contributed by atoms with Crippen molar-refractivity contribution in [3.63, 3.8) is 0 Å². The summed E-state index contributed by atoms with van der Waals surface area (Å²) in [6.07, 6.45) is 89.5. The number of rotatable bonds is 66. The number of carbonyl (C=O) groups excluding carboxylic acids is 3. The average molecular weight is 1130 g/mol. The van der Waals surface area contributed by atoms with E-state index in [1.165, 1.54) is 263 Å². The van der Waals surface area contributed by atoms with Crippen LogP contribution in [0.5, 0.6) is 0 Å². The number of ether oxygens (including phenoxy) is 3. The predicted molar refractivity (Wildman–Crippen MR) is 353 cm³/mol. The van der Waals surface area contributed by atoms with Crippen molar-refractivity contribution in [1.29, 1.82) is 0 Å². The van der Waals surface area contributed by atoms with Crippen molar-refractivity contribution in [3.8, 4) is 0 Å². The first-order valence-electron chi connectivity index (χ1n) is 35.8. The van der Waals surface area contributed by atoms with Crippen LogP contribution in [0.25, 0.3) is 0 Å². The zero-order valence-electron chi connectivity index (χ0n) is 54.3. The van der Waals surface area contributed by atoms with Gasteiger partial charge in [-0.2, -0.15) is 0 Å². The first-order chi connectivity index (χ1) is 40.0. The molecule has 0 rings (SSSR count). The third kappa shape index (κ3) is 67.8. The van der Waals surface area contributed by atoms with Crippen LogP contribution in [0, 0.1) is 0 Å². The number of esters is 3. The van der Waals surface area contributed by atoms with E-state index in [-0.39, 0.29) is 31.1 Å². The van der Waals surface area contributed by atoms with Crippen LogP contribution in [-0.4, -0.2) is 37.2 Å². The summed E-state index contributed by atoms with van der Waals surface area (Å²) >= 11 is 0. The predicted octanol–water partition coefficient (Wildman–Crippen LogP) is 24.7. The lowest BCUT2D eigenvalue weighted by Gasteiger charge is -2.18. The standard InChI is InChI=1S/C75H136O6/c1-4-7-10-13-16-19-22-25-28-31-33-35-36-37-38-40-41-44-47-50-53-56-59-62-65-68-74(77)80-71-72(70-79-73(76)67-64-61-58-55-52-49-46-43-30-27-24-21-18-15-12-9-6-3)81-75(78)69-66-63-60-57-54-51-48-45-42-39-34-32-29-26-23-20-17-14-11-8-5-2/h18,21-22,25,27,30-34,72H,4-17,19-20,23-24,26,28-29,35-71H2,1-3H3/b21-18-,25-22-,30-27-,33-31-,34-32-. The van der Waals surface area contributed by atoms with Crippen LogP contribution < -0.4 is 0 Å². The molecule has 0 spiro atoms. The van der Waals surface area contributed by atoms with E-state index < -0.39 is 6.10 Å². The third-order valence-corrected chi connectivity index (χ3v) is 16.0. The fraction of sp³-hybridized carbons (Fsp3) is 0.827. The van der Waals surface area contributed by atoms with Crippen molar-refractivity contribution < 1.29 is 28.6 Å². The maximum Gasteiger partial charge on any atom is 0.306 e. The molecule has 0 saturated heterocycles. The summed E-state index contributed by atoms with van der Waals surface area (Å²) in [6.45, 7) is 6.66. The third-order valence-electron chi connectivity index (χ3n) is 16.0. The van der Waals surface area contributed by atoms with Crippen LogP contribution in [0.2, 0.25) is 0 Å². The Morgan fingerprint density at radius 1 is 0.247 bits per heavy atom. The Morgan fingerprint density at radius 3 is 0.716 bits per heavy atom. The monoisotopic (exact) mass is 1130 g/mol. The Bertz CT molecular complexity index is 1440. The Morgan fingerprint density at radius 2 is 0.444 bits per heavy atom. The van der Waals surface area contributed by atoms with Crippen LogP contribution in [0.4, 0.5) is 0 Å². The van der Waals surface area contributed by atoms with Gasteiger partial charge in [-0.25, -0.2) is 0 Å². The molecule has 1 atom stereocenters. The number of carbonyl (C=O) groups is 3. The normalized spacial score (nSPS) is 12.4. The summed E-state index contributed by atoms with van der Waals surface area (Å²) in [7, 11) is 0. The molecule has 6 heteroatoms. The van der Waals surface area contributed by atoms with Crippen molar-refractivity contribution in [2.75, 3.05) is 13.2 Å². The molecule has 0 radical (unpaired) electrons. The molecule has 0 aliphatic carbocycles. The molecule has 0 aliphatic rings. The summed E-state index contributed by atoms with van der Waals surface area (Å²) in [6, 6.07) is 0. The first kappa shape index (κ1) is 78.1.